The molecule has 0 aliphatic heterocycles. The predicted octanol–water partition coefficient (Wildman–Crippen LogP) is 3.00. The lowest BCUT2D eigenvalue weighted by Gasteiger charge is -2.06. The zero-order valence-electron chi connectivity index (χ0n) is 9.92. The molecule has 0 amide bonds. The highest BCUT2D eigenvalue weighted by Gasteiger charge is 2.14. The monoisotopic (exact) mass is 335 g/mol. The fourth-order valence-corrected chi connectivity index (χ4v) is 2.23. The van der Waals surface area contributed by atoms with E-state index in [-0.39, 0.29) is 5.69 Å². The number of carboxylic acid groups (broad SMARTS) is 1. The van der Waals surface area contributed by atoms with Crippen LogP contribution in [0, 0.1) is 5.82 Å². The van der Waals surface area contributed by atoms with Crippen LogP contribution in [0.3, 0.4) is 0 Å². The summed E-state index contributed by atoms with van der Waals surface area (Å²) in [6.07, 6.45) is 1.49. The van der Waals surface area contributed by atoms with Crippen LogP contribution in [0.1, 0.15) is 10.5 Å². The van der Waals surface area contributed by atoms with Gasteiger partial charge in [-0.05, 0) is 24.3 Å². The van der Waals surface area contributed by atoms with Crippen molar-refractivity contribution in [3.8, 4) is 11.3 Å². The van der Waals surface area contributed by atoms with Crippen LogP contribution in [0.2, 0.25) is 0 Å². The third kappa shape index (κ3) is 2.05. The summed E-state index contributed by atoms with van der Waals surface area (Å²) >= 11 is 3.19. The molecule has 5 nitrogen and oxygen atoms in total. The molecule has 0 aliphatic rings. The average molecular weight is 336 g/mol. The van der Waals surface area contributed by atoms with Crippen LogP contribution >= 0.6 is 15.9 Å². The normalized spacial score (nSPS) is 10.9. The van der Waals surface area contributed by atoms with Crippen molar-refractivity contribution in [3.63, 3.8) is 0 Å². The van der Waals surface area contributed by atoms with E-state index < -0.39 is 11.8 Å². The third-order valence-corrected chi connectivity index (χ3v) is 3.28. The maximum absolute atomic E-state index is 14.0. The Morgan fingerprint density at radius 2 is 2.10 bits per heavy atom. The maximum atomic E-state index is 14.0. The highest BCUT2D eigenvalue weighted by atomic mass is 79.9. The number of aromatic carboxylic acids is 1. The summed E-state index contributed by atoms with van der Waals surface area (Å²) in [5.74, 6) is -1.59. The lowest BCUT2D eigenvalue weighted by molar-refractivity contribution is 0.0690. The van der Waals surface area contributed by atoms with Gasteiger partial charge in [0.2, 0.25) is 0 Å². The average Bonchev–Trinajstić information content (AvgIpc) is 2.83. The second kappa shape index (κ2) is 4.68. The van der Waals surface area contributed by atoms with E-state index in [2.05, 4.69) is 26.0 Å². The van der Waals surface area contributed by atoms with Gasteiger partial charge in [-0.25, -0.2) is 18.7 Å². The molecule has 0 fully saturated rings. The predicted molar refractivity (Wildman–Crippen MR) is 73.0 cm³/mol. The van der Waals surface area contributed by atoms with Gasteiger partial charge in [0.1, 0.15) is 5.82 Å². The van der Waals surface area contributed by atoms with Crippen molar-refractivity contribution in [1.82, 2.24) is 14.6 Å². The molecule has 1 N–H and O–H groups in total. The molecule has 0 saturated carbocycles. The van der Waals surface area contributed by atoms with E-state index >= 15 is 0 Å². The molecular formula is C13H7BrFN3O2. The molecule has 0 bridgehead atoms. The van der Waals surface area contributed by atoms with E-state index in [1.807, 2.05) is 0 Å². The molecule has 3 rings (SSSR count). The first-order chi connectivity index (χ1) is 9.56. The molecule has 0 spiro atoms. The summed E-state index contributed by atoms with van der Waals surface area (Å²) < 4.78 is 16.0. The van der Waals surface area contributed by atoms with Crippen molar-refractivity contribution in [2.45, 2.75) is 0 Å². The van der Waals surface area contributed by atoms with Crippen molar-refractivity contribution >= 4 is 27.5 Å². The summed E-state index contributed by atoms with van der Waals surface area (Å²) in [5, 5.41) is 12.9. The van der Waals surface area contributed by atoms with Crippen LogP contribution in [-0.4, -0.2) is 25.7 Å². The van der Waals surface area contributed by atoms with Gasteiger partial charge < -0.3 is 5.11 Å². The first kappa shape index (κ1) is 12.7. The molecule has 100 valence electrons. The lowest BCUT2D eigenvalue weighted by atomic mass is 10.1. The van der Waals surface area contributed by atoms with Crippen LogP contribution in [0.5, 0.6) is 0 Å². The number of carbonyl (C=O) groups is 1. The van der Waals surface area contributed by atoms with Crippen molar-refractivity contribution in [3.05, 3.63) is 52.5 Å². The Labute approximate surface area is 120 Å². The summed E-state index contributed by atoms with van der Waals surface area (Å²) in [6.45, 7) is 0. The molecule has 0 aliphatic carbocycles. The minimum atomic E-state index is -1.15. The Morgan fingerprint density at radius 1 is 1.30 bits per heavy atom. The zero-order valence-corrected chi connectivity index (χ0v) is 11.5. The van der Waals surface area contributed by atoms with Gasteiger partial charge in [0.25, 0.3) is 0 Å². The number of hydrogen-bond acceptors (Lipinski definition) is 3. The molecule has 0 saturated heterocycles. The number of fused-ring (bicyclic) bond motifs is 1. The van der Waals surface area contributed by atoms with Crippen LogP contribution in [0.25, 0.3) is 16.9 Å². The molecule has 0 radical (unpaired) electrons. The quantitative estimate of drug-likeness (QED) is 0.781. The topological polar surface area (TPSA) is 67.5 Å². The Balaban J connectivity index is 2.28. The number of rotatable bonds is 2. The fraction of sp³-hybridized carbons (Fsp3) is 0. The molecule has 2 heterocycles. The lowest BCUT2D eigenvalue weighted by Crippen LogP contribution is -2.00. The summed E-state index contributed by atoms with van der Waals surface area (Å²) in [7, 11) is 0. The molecular weight excluding hydrogens is 329 g/mol. The standard InChI is InChI=1S/C13H7BrFN3O2/c14-7-1-2-8(9(15)5-7)11-3-4-16-12-6-10(13(19)20)17-18(11)12/h1-6H,(H,19,20). The van der Waals surface area contributed by atoms with Crippen molar-refractivity contribution in [1.29, 1.82) is 0 Å². The van der Waals surface area contributed by atoms with E-state index in [0.29, 0.717) is 21.4 Å². The molecule has 20 heavy (non-hydrogen) atoms. The van der Waals surface area contributed by atoms with Gasteiger partial charge in [-0.15, -0.1) is 0 Å². The van der Waals surface area contributed by atoms with Gasteiger partial charge in [0.05, 0.1) is 5.69 Å². The van der Waals surface area contributed by atoms with Gasteiger partial charge in [0, 0.05) is 22.3 Å². The Bertz CT molecular complexity index is 832. The minimum absolute atomic E-state index is 0.137. The highest BCUT2D eigenvalue weighted by molar-refractivity contribution is 9.10. The van der Waals surface area contributed by atoms with Crippen LogP contribution in [-0.2, 0) is 0 Å². The maximum Gasteiger partial charge on any atom is 0.356 e. The van der Waals surface area contributed by atoms with E-state index in [4.69, 9.17) is 5.11 Å². The second-order valence-corrected chi connectivity index (χ2v) is 4.97. The smallest absolute Gasteiger partial charge is 0.356 e. The van der Waals surface area contributed by atoms with Crippen molar-refractivity contribution < 1.29 is 14.3 Å². The van der Waals surface area contributed by atoms with Gasteiger partial charge in [-0.3, -0.25) is 0 Å². The number of hydrogen-bond donors (Lipinski definition) is 1. The highest BCUT2D eigenvalue weighted by Crippen LogP contribution is 2.25. The molecule has 0 atom stereocenters. The summed E-state index contributed by atoms with van der Waals surface area (Å²) in [5.41, 5.74) is 0.970. The zero-order chi connectivity index (χ0) is 14.3. The fourth-order valence-electron chi connectivity index (χ4n) is 1.90. The number of benzene rings is 1. The van der Waals surface area contributed by atoms with E-state index in [9.17, 15) is 9.18 Å². The molecule has 3 aromatic rings. The number of halogens is 2. The van der Waals surface area contributed by atoms with Gasteiger partial charge in [-0.2, -0.15) is 5.10 Å². The molecule has 1 aromatic carbocycles. The van der Waals surface area contributed by atoms with E-state index in [1.54, 1.807) is 18.2 Å². The van der Waals surface area contributed by atoms with Crippen molar-refractivity contribution in [2.24, 2.45) is 0 Å². The first-order valence-electron chi connectivity index (χ1n) is 5.60. The van der Waals surface area contributed by atoms with Gasteiger partial charge >= 0.3 is 5.97 Å². The number of carboxylic acids is 1. The Hall–Kier alpha value is -2.28. The minimum Gasteiger partial charge on any atom is -0.476 e. The van der Waals surface area contributed by atoms with Crippen LogP contribution in [0.4, 0.5) is 4.39 Å². The SMILES string of the molecule is O=C(O)c1cc2nccc(-c3ccc(Br)cc3F)n2n1. The van der Waals surface area contributed by atoms with Gasteiger partial charge in [-0.1, -0.05) is 15.9 Å². The molecule has 0 unspecified atom stereocenters. The van der Waals surface area contributed by atoms with Crippen LogP contribution < -0.4 is 0 Å². The molecule has 2 aromatic heterocycles. The first-order valence-corrected chi connectivity index (χ1v) is 6.39. The second-order valence-electron chi connectivity index (χ2n) is 4.06. The number of nitrogens with zero attached hydrogens (tertiary/aromatic N) is 3. The van der Waals surface area contributed by atoms with Crippen LogP contribution in [0.15, 0.2) is 41.0 Å². The summed E-state index contributed by atoms with van der Waals surface area (Å²) in [4.78, 5) is 15.0. The van der Waals surface area contributed by atoms with E-state index in [1.165, 1.54) is 22.8 Å². The molecule has 7 heteroatoms. The van der Waals surface area contributed by atoms with Gasteiger partial charge in [0.15, 0.2) is 11.3 Å². The Kier molecular flexibility index (Phi) is 2.98. The van der Waals surface area contributed by atoms with E-state index in [0.717, 1.165) is 0 Å². The largest absolute Gasteiger partial charge is 0.476 e. The Morgan fingerprint density at radius 3 is 2.80 bits per heavy atom. The number of aromatic nitrogens is 3. The van der Waals surface area contributed by atoms with Crippen molar-refractivity contribution in [2.75, 3.05) is 0 Å². The third-order valence-electron chi connectivity index (χ3n) is 2.78. The summed E-state index contributed by atoms with van der Waals surface area (Å²) in [6, 6.07) is 7.55.